The van der Waals surface area contributed by atoms with E-state index in [4.69, 9.17) is 18.5 Å². The summed E-state index contributed by atoms with van der Waals surface area (Å²) in [7, 11) is 1.45. The Morgan fingerprint density at radius 2 is 0.838 bits per heavy atom. The van der Waals surface area contributed by atoms with Gasteiger partial charge in [0, 0.05) is 12.8 Å². The highest BCUT2D eigenvalue weighted by molar-refractivity contribution is 7.47. The van der Waals surface area contributed by atoms with Crippen molar-refractivity contribution in [2.45, 2.75) is 251 Å². The van der Waals surface area contributed by atoms with Gasteiger partial charge in [-0.15, -0.1) is 0 Å². The largest absolute Gasteiger partial charge is 0.472 e. The van der Waals surface area contributed by atoms with Gasteiger partial charge >= 0.3 is 19.8 Å². The van der Waals surface area contributed by atoms with E-state index < -0.39 is 26.5 Å². The number of carbonyl (C=O) groups is 2. The molecule has 1 N–H and O–H groups in total. The summed E-state index contributed by atoms with van der Waals surface area (Å²) in [5.41, 5.74) is 0. The first-order chi connectivity index (χ1) is 33.0. The van der Waals surface area contributed by atoms with E-state index in [1.165, 1.54) is 154 Å². The predicted octanol–water partition coefficient (Wildman–Crippen LogP) is 17.1. The normalized spacial score (nSPS) is 13.8. The summed E-state index contributed by atoms with van der Waals surface area (Å²) in [6.07, 6.45) is 63.1. The van der Waals surface area contributed by atoms with E-state index >= 15 is 0 Å². The third-order valence-corrected chi connectivity index (χ3v) is 13.0. The summed E-state index contributed by atoms with van der Waals surface area (Å²) in [5.74, 6) is -0.842. The van der Waals surface area contributed by atoms with Gasteiger partial charge in [-0.1, -0.05) is 216 Å². The van der Waals surface area contributed by atoms with Crippen molar-refractivity contribution in [3.63, 3.8) is 0 Å². The molecule has 396 valence electrons. The molecule has 68 heavy (non-hydrogen) atoms. The quantitative estimate of drug-likeness (QED) is 0.0211. The van der Waals surface area contributed by atoms with Gasteiger partial charge < -0.3 is 18.9 Å². The van der Waals surface area contributed by atoms with Crippen LogP contribution in [0.3, 0.4) is 0 Å². The number of phosphoric acid groups is 1. The van der Waals surface area contributed by atoms with E-state index in [1.807, 2.05) is 21.1 Å². The van der Waals surface area contributed by atoms with Crippen molar-refractivity contribution >= 4 is 19.8 Å². The monoisotopic (exact) mass is 977 g/mol. The molecule has 0 radical (unpaired) electrons. The van der Waals surface area contributed by atoms with Gasteiger partial charge in [-0.3, -0.25) is 18.6 Å². The Kier molecular flexibility index (Phi) is 48.0. The number of unbranched alkanes of at least 4 members (excludes halogenated alkanes) is 27. The average molecular weight is 977 g/mol. The summed E-state index contributed by atoms with van der Waals surface area (Å²) < 4.78 is 34.4. The average Bonchev–Trinajstić information content (AvgIpc) is 3.30. The lowest BCUT2D eigenvalue weighted by atomic mass is 10.0. The van der Waals surface area contributed by atoms with Crippen LogP contribution in [0.2, 0.25) is 0 Å². The molecule has 0 aliphatic rings. The molecule has 0 aliphatic heterocycles. The van der Waals surface area contributed by atoms with Gasteiger partial charge in [-0.2, -0.15) is 0 Å². The number of ether oxygens (including phenoxy) is 2. The van der Waals surface area contributed by atoms with E-state index in [0.717, 1.165) is 57.8 Å². The maximum absolute atomic E-state index is 12.7. The van der Waals surface area contributed by atoms with Crippen LogP contribution in [0.4, 0.5) is 0 Å². The molecular weight excluding hydrogens is 870 g/mol. The molecule has 0 aromatic carbocycles. The summed E-state index contributed by atoms with van der Waals surface area (Å²) in [4.78, 5) is 35.6. The van der Waals surface area contributed by atoms with E-state index in [-0.39, 0.29) is 32.0 Å². The Bertz CT molecular complexity index is 1340. The molecule has 0 heterocycles. The molecule has 0 fully saturated rings. The van der Waals surface area contributed by atoms with Crippen LogP contribution >= 0.6 is 7.82 Å². The molecular formula is C58H107NO8P+. The van der Waals surface area contributed by atoms with Crippen molar-refractivity contribution in [2.24, 2.45) is 0 Å². The minimum atomic E-state index is -4.39. The molecule has 10 heteroatoms. The minimum absolute atomic E-state index is 0.0223. The van der Waals surface area contributed by atoms with Crippen molar-refractivity contribution < 1.29 is 42.1 Å². The van der Waals surface area contributed by atoms with Crippen LogP contribution in [0.15, 0.2) is 60.8 Å². The summed E-state index contributed by atoms with van der Waals surface area (Å²) in [5, 5.41) is 0. The van der Waals surface area contributed by atoms with Gasteiger partial charge in [-0.25, -0.2) is 4.57 Å². The number of carbonyl (C=O) groups excluding carboxylic acids is 2. The van der Waals surface area contributed by atoms with Crippen molar-refractivity contribution in [1.29, 1.82) is 0 Å². The second-order valence-corrected chi connectivity index (χ2v) is 21.4. The highest BCUT2D eigenvalue weighted by Gasteiger charge is 2.27. The second-order valence-electron chi connectivity index (χ2n) is 19.9. The van der Waals surface area contributed by atoms with Gasteiger partial charge in [0.15, 0.2) is 6.10 Å². The van der Waals surface area contributed by atoms with E-state index in [2.05, 4.69) is 74.6 Å². The molecule has 0 bridgehead atoms. The molecule has 0 spiro atoms. The van der Waals surface area contributed by atoms with Crippen molar-refractivity contribution in [3.05, 3.63) is 60.8 Å². The Morgan fingerprint density at radius 1 is 0.471 bits per heavy atom. The third-order valence-electron chi connectivity index (χ3n) is 12.0. The van der Waals surface area contributed by atoms with Crippen LogP contribution in [0.25, 0.3) is 0 Å². The number of esters is 2. The Morgan fingerprint density at radius 3 is 1.29 bits per heavy atom. The van der Waals surface area contributed by atoms with Gasteiger partial charge in [0.25, 0.3) is 0 Å². The fourth-order valence-corrected chi connectivity index (χ4v) is 8.45. The van der Waals surface area contributed by atoms with Crippen molar-refractivity contribution in [1.82, 2.24) is 0 Å². The summed E-state index contributed by atoms with van der Waals surface area (Å²) >= 11 is 0. The SMILES string of the molecule is CC/C=C\C/C=C\C/C=C\C/C=C\CCCCC(=O)OC(COC(=O)CCCCCCCCCCCCCCCCCCC/C=C\CCCCCCCCCC)COP(=O)(O)OCC[N+](C)(C)C. The van der Waals surface area contributed by atoms with Crippen molar-refractivity contribution in [2.75, 3.05) is 47.5 Å². The van der Waals surface area contributed by atoms with Crippen LogP contribution < -0.4 is 0 Å². The van der Waals surface area contributed by atoms with Gasteiger partial charge in [-0.05, 0) is 77.0 Å². The number of hydrogen-bond acceptors (Lipinski definition) is 7. The predicted molar refractivity (Wildman–Crippen MR) is 289 cm³/mol. The van der Waals surface area contributed by atoms with Gasteiger partial charge in [0.1, 0.15) is 19.8 Å². The number of allylic oxidation sites excluding steroid dienone is 10. The van der Waals surface area contributed by atoms with Crippen LogP contribution in [-0.2, 0) is 32.7 Å². The Balaban J connectivity index is 4.10. The first-order valence-electron chi connectivity index (χ1n) is 28.0. The molecule has 0 saturated carbocycles. The first kappa shape index (κ1) is 65.7. The van der Waals surface area contributed by atoms with E-state index in [1.54, 1.807) is 0 Å². The van der Waals surface area contributed by atoms with Gasteiger partial charge in [0.05, 0.1) is 27.7 Å². The number of phosphoric ester groups is 1. The van der Waals surface area contributed by atoms with Crippen LogP contribution in [0.5, 0.6) is 0 Å². The summed E-state index contributed by atoms with van der Waals surface area (Å²) in [6, 6.07) is 0. The van der Waals surface area contributed by atoms with Gasteiger partial charge in [0.2, 0.25) is 0 Å². The Hall–Kier alpha value is -2.29. The fraction of sp³-hybridized carbons (Fsp3) is 0.793. The second kappa shape index (κ2) is 49.7. The van der Waals surface area contributed by atoms with Crippen LogP contribution in [0.1, 0.15) is 245 Å². The fourth-order valence-electron chi connectivity index (χ4n) is 7.71. The number of rotatable bonds is 51. The third kappa shape index (κ3) is 53.1. The van der Waals surface area contributed by atoms with E-state index in [9.17, 15) is 19.0 Å². The molecule has 0 saturated heterocycles. The highest BCUT2D eigenvalue weighted by Crippen LogP contribution is 2.43. The molecule has 0 amide bonds. The maximum atomic E-state index is 12.7. The number of quaternary nitrogens is 1. The minimum Gasteiger partial charge on any atom is -0.462 e. The zero-order valence-electron chi connectivity index (χ0n) is 44.8. The lowest BCUT2D eigenvalue weighted by Crippen LogP contribution is -2.37. The summed E-state index contributed by atoms with van der Waals surface area (Å²) in [6.45, 7) is 4.28. The topological polar surface area (TPSA) is 108 Å². The molecule has 0 rings (SSSR count). The lowest BCUT2D eigenvalue weighted by molar-refractivity contribution is -0.870. The molecule has 2 atom stereocenters. The molecule has 2 unspecified atom stereocenters. The highest BCUT2D eigenvalue weighted by atomic mass is 31.2. The number of hydrogen-bond donors (Lipinski definition) is 1. The first-order valence-corrected chi connectivity index (χ1v) is 29.5. The number of likely N-dealkylation sites (N-methyl/N-ethyl adjacent to an activating group) is 1. The zero-order valence-corrected chi connectivity index (χ0v) is 45.7. The van der Waals surface area contributed by atoms with E-state index in [0.29, 0.717) is 17.4 Å². The zero-order chi connectivity index (χ0) is 49.9. The molecule has 0 aromatic rings. The smallest absolute Gasteiger partial charge is 0.462 e. The molecule has 0 aliphatic carbocycles. The molecule has 0 aromatic heterocycles. The van der Waals surface area contributed by atoms with Crippen LogP contribution in [0, 0.1) is 0 Å². The standard InChI is InChI=1S/C58H106NO8P/c1-6-8-10-12-14-16-18-20-22-23-24-25-26-27-28-29-30-31-32-33-34-35-37-38-40-42-44-46-48-50-57(60)64-54-56(55-66-68(62,63)65-53-52-59(3,4)5)67-58(61)51-49-47-45-43-41-39-36-21-19-17-15-13-11-9-7-2/h9,11,15,17,21,23-24,36,41,43,56H,6-8,10,12-14,16,18-20,22,25-35,37-40,42,44-55H2,1-5H3/p+1/b11-9-,17-15-,24-23-,36-21-,43-41-. The lowest BCUT2D eigenvalue weighted by Gasteiger charge is -2.24. The number of nitrogens with zero attached hydrogens (tertiary/aromatic N) is 1. The Labute approximate surface area is 419 Å². The van der Waals surface area contributed by atoms with Crippen LogP contribution in [-0.4, -0.2) is 74.9 Å². The van der Waals surface area contributed by atoms with Crippen molar-refractivity contribution in [3.8, 4) is 0 Å². The maximum Gasteiger partial charge on any atom is 0.472 e. The molecule has 9 nitrogen and oxygen atoms in total.